The van der Waals surface area contributed by atoms with Crippen molar-refractivity contribution in [1.29, 1.82) is 0 Å². The second-order valence-electron chi connectivity index (χ2n) is 6.01. The van der Waals surface area contributed by atoms with Crippen LogP contribution in [0, 0.1) is 11.8 Å². The van der Waals surface area contributed by atoms with Gasteiger partial charge in [-0.3, -0.25) is 9.69 Å². The molecule has 1 aromatic carbocycles. The molecular weight excluding hydrogens is 270 g/mol. The van der Waals surface area contributed by atoms with Crippen LogP contribution < -0.4 is 9.47 Å². The summed E-state index contributed by atoms with van der Waals surface area (Å²) in [6.07, 6.45) is 0. The summed E-state index contributed by atoms with van der Waals surface area (Å²) in [4.78, 5) is 13.2. The van der Waals surface area contributed by atoms with E-state index in [0.29, 0.717) is 19.0 Å². The number of aliphatic carboxylic acids is 1. The van der Waals surface area contributed by atoms with Crippen molar-refractivity contribution in [2.24, 2.45) is 11.8 Å². The molecule has 0 bridgehead atoms. The Hall–Kier alpha value is -1.75. The number of hydrogen-bond donors (Lipinski definition) is 1. The third-order valence-electron chi connectivity index (χ3n) is 3.42. The fourth-order valence-corrected chi connectivity index (χ4v) is 2.48. The summed E-state index contributed by atoms with van der Waals surface area (Å²) in [6.45, 7) is 8.41. The highest BCUT2D eigenvalue weighted by atomic mass is 16.7. The first kappa shape index (κ1) is 15.6. The molecule has 0 fully saturated rings. The molecule has 1 heterocycles. The summed E-state index contributed by atoms with van der Waals surface area (Å²) in [5.74, 6) is 0.892. The minimum Gasteiger partial charge on any atom is -0.481 e. The molecule has 5 heteroatoms. The number of hydrogen-bond acceptors (Lipinski definition) is 4. The minimum absolute atomic E-state index is 0.268. The predicted molar refractivity (Wildman–Crippen MR) is 79.5 cm³/mol. The molecule has 21 heavy (non-hydrogen) atoms. The van der Waals surface area contributed by atoms with Crippen molar-refractivity contribution in [3.8, 4) is 11.5 Å². The number of ether oxygens (including phenoxy) is 2. The summed E-state index contributed by atoms with van der Waals surface area (Å²) in [6, 6.07) is 5.89. The zero-order chi connectivity index (χ0) is 15.4. The average molecular weight is 293 g/mol. The maximum Gasteiger partial charge on any atom is 0.307 e. The fraction of sp³-hybridized carbons (Fsp3) is 0.562. The van der Waals surface area contributed by atoms with Gasteiger partial charge >= 0.3 is 5.97 Å². The van der Waals surface area contributed by atoms with Crippen molar-refractivity contribution in [2.45, 2.75) is 27.3 Å². The van der Waals surface area contributed by atoms with Crippen LogP contribution in [-0.4, -0.2) is 35.9 Å². The first-order valence-corrected chi connectivity index (χ1v) is 7.29. The molecule has 0 spiro atoms. The Morgan fingerprint density at radius 3 is 2.62 bits per heavy atom. The fourth-order valence-electron chi connectivity index (χ4n) is 2.48. The van der Waals surface area contributed by atoms with Crippen LogP contribution in [-0.2, 0) is 11.3 Å². The maximum absolute atomic E-state index is 11.1. The lowest BCUT2D eigenvalue weighted by Crippen LogP contribution is -2.34. The molecule has 5 nitrogen and oxygen atoms in total. The number of fused-ring (bicyclic) bond motifs is 1. The quantitative estimate of drug-likeness (QED) is 0.837. The molecule has 1 N–H and O–H groups in total. The molecule has 116 valence electrons. The van der Waals surface area contributed by atoms with Crippen LogP contribution in [0.5, 0.6) is 11.5 Å². The van der Waals surface area contributed by atoms with E-state index in [1.54, 1.807) is 6.92 Å². The van der Waals surface area contributed by atoms with Gasteiger partial charge in [-0.25, -0.2) is 0 Å². The Bertz CT molecular complexity index is 501. The summed E-state index contributed by atoms with van der Waals surface area (Å²) in [7, 11) is 0. The van der Waals surface area contributed by atoms with Gasteiger partial charge in [0, 0.05) is 19.6 Å². The Balaban J connectivity index is 2.05. The van der Waals surface area contributed by atoms with E-state index in [2.05, 4.69) is 18.7 Å². The van der Waals surface area contributed by atoms with Crippen LogP contribution in [0.1, 0.15) is 26.3 Å². The largest absolute Gasteiger partial charge is 0.481 e. The van der Waals surface area contributed by atoms with Crippen molar-refractivity contribution < 1.29 is 19.4 Å². The van der Waals surface area contributed by atoms with Crippen molar-refractivity contribution in [3.05, 3.63) is 23.8 Å². The van der Waals surface area contributed by atoms with Crippen LogP contribution in [0.2, 0.25) is 0 Å². The SMILES string of the molecule is CC(C)CN(Cc1ccc2c(c1)OCO2)CC(C)C(=O)O. The highest BCUT2D eigenvalue weighted by Gasteiger charge is 2.19. The molecule has 0 amide bonds. The van der Waals surface area contributed by atoms with Crippen molar-refractivity contribution in [2.75, 3.05) is 19.9 Å². The second kappa shape index (κ2) is 6.80. The third kappa shape index (κ3) is 4.36. The normalized spacial score (nSPS) is 14.7. The molecule has 2 rings (SSSR count). The summed E-state index contributed by atoms with van der Waals surface area (Å²) in [5, 5.41) is 9.09. The van der Waals surface area contributed by atoms with E-state index >= 15 is 0 Å². The molecule has 1 aliphatic heterocycles. The van der Waals surface area contributed by atoms with Gasteiger partial charge in [0.1, 0.15) is 0 Å². The zero-order valence-electron chi connectivity index (χ0n) is 12.8. The van der Waals surface area contributed by atoms with Crippen molar-refractivity contribution in [1.82, 2.24) is 4.90 Å². The number of nitrogens with zero attached hydrogens (tertiary/aromatic N) is 1. The molecule has 1 unspecified atom stereocenters. The van der Waals surface area contributed by atoms with Crippen LogP contribution in [0.4, 0.5) is 0 Å². The van der Waals surface area contributed by atoms with E-state index in [1.165, 1.54) is 0 Å². The van der Waals surface area contributed by atoms with Gasteiger partial charge in [0.15, 0.2) is 11.5 Å². The predicted octanol–water partition coefficient (Wildman–Crippen LogP) is 2.59. The highest BCUT2D eigenvalue weighted by Crippen LogP contribution is 2.32. The van der Waals surface area contributed by atoms with Gasteiger partial charge in [-0.15, -0.1) is 0 Å². The average Bonchev–Trinajstić information content (AvgIpc) is 2.85. The smallest absolute Gasteiger partial charge is 0.307 e. The van der Waals surface area contributed by atoms with E-state index < -0.39 is 5.97 Å². The third-order valence-corrected chi connectivity index (χ3v) is 3.42. The van der Waals surface area contributed by atoms with Gasteiger partial charge in [0.05, 0.1) is 5.92 Å². The lowest BCUT2D eigenvalue weighted by Gasteiger charge is -2.26. The maximum atomic E-state index is 11.1. The van der Waals surface area contributed by atoms with Crippen LogP contribution in [0.15, 0.2) is 18.2 Å². The van der Waals surface area contributed by atoms with E-state index in [1.807, 2.05) is 18.2 Å². The molecule has 0 aromatic heterocycles. The number of carboxylic acids is 1. The van der Waals surface area contributed by atoms with Gasteiger partial charge in [0.25, 0.3) is 0 Å². The first-order chi connectivity index (χ1) is 9.95. The molecular formula is C16H23NO4. The van der Waals surface area contributed by atoms with Crippen molar-refractivity contribution >= 4 is 5.97 Å². The van der Waals surface area contributed by atoms with Crippen LogP contribution >= 0.6 is 0 Å². The van der Waals surface area contributed by atoms with Gasteiger partial charge in [-0.2, -0.15) is 0 Å². The van der Waals surface area contributed by atoms with Crippen LogP contribution in [0.25, 0.3) is 0 Å². The summed E-state index contributed by atoms with van der Waals surface area (Å²) in [5.41, 5.74) is 1.11. The molecule has 1 aliphatic rings. The molecule has 0 saturated heterocycles. The number of rotatable bonds is 7. The van der Waals surface area contributed by atoms with Gasteiger partial charge in [0.2, 0.25) is 6.79 Å². The molecule has 0 saturated carbocycles. The van der Waals surface area contributed by atoms with E-state index in [0.717, 1.165) is 23.6 Å². The lowest BCUT2D eigenvalue weighted by atomic mass is 10.1. The molecule has 0 aliphatic carbocycles. The highest BCUT2D eigenvalue weighted by molar-refractivity contribution is 5.69. The topological polar surface area (TPSA) is 59.0 Å². The lowest BCUT2D eigenvalue weighted by molar-refractivity contribution is -0.141. The van der Waals surface area contributed by atoms with Gasteiger partial charge < -0.3 is 14.6 Å². The van der Waals surface area contributed by atoms with Gasteiger partial charge in [-0.1, -0.05) is 26.8 Å². The molecule has 0 radical (unpaired) electrons. The molecule has 1 atom stereocenters. The number of carbonyl (C=O) groups is 1. The Morgan fingerprint density at radius 1 is 1.24 bits per heavy atom. The Labute approximate surface area is 125 Å². The zero-order valence-corrected chi connectivity index (χ0v) is 12.8. The van der Waals surface area contributed by atoms with E-state index in [4.69, 9.17) is 14.6 Å². The number of benzene rings is 1. The first-order valence-electron chi connectivity index (χ1n) is 7.29. The second-order valence-corrected chi connectivity index (χ2v) is 6.01. The molecule has 1 aromatic rings. The monoisotopic (exact) mass is 293 g/mol. The van der Waals surface area contributed by atoms with E-state index in [9.17, 15) is 4.79 Å². The van der Waals surface area contributed by atoms with Crippen LogP contribution in [0.3, 0.4) is 0 Å². The van der Waals surface area contributed by atoms with E-state index in [-0.39, 0.29) is 12.7 Å². The standard InChI is InChI=1S/C16H23NO4/c1-11(2)7-17(8-12(3)16(18)19)9-13-4-5-14-15(6-13)21-10-20-14/h4-6,11-12H,7-10H2,1-3H3,(H,18,19). The summed E-state index contributed by atoms with van der Waals surface area (Å²) >= 11 is 0. The Morgan fingerprint density at radius 2 is 1.95 bits per heavy atom. The summed E-state index contributed by atoms with van der Waals surface area (Å²) < 4.78 is 10.7. The number of carboxylic acid groups (broad SMARTS) is 1. The van der Waals surface area contributed by atoms with Gasteiger partial charge in [-0.05, 0) is 23.6 Å². The Kier molecular flexibility index (Phi) is 5.07. The van der Waals surface area contributed by atoms with Crippen molar-refractivity contribution in [3.63, 3.8) is 0 Å². The minimum atomic E-state index is -0.755.